The second kappa shape index (κ2) is 11.4. The molecule has 0 radical (unpaired) electrons. The highest BCUT2D eigenvalue weighted by atomic mass is 32.1. The van der Waals surface area contributed by atoms with Gasteiger partial charge in [0.05, 0.1) is 18.8 Å². The number of pyridine rings is 1. The summed E-state index contributed by atoms with van der Waals surface area (Å²) in [6.45, 7) is 0.941. The smallest absolute Gasteiger partial charge is 0.337 e. The lowest BCUT2D eigenvalue weighted by molar-refractivity contribution is 0.0696. The third kappa shape index (κ3) is 6.66. The van der Waals surface area contributed by atoms with E-state index in [-0.39, 0.29) is 11.4 Å². The topological polar surface area (TPSA) is 97.8 Å². The summed E-state index contributed by atoms with van der Waals surface area (Å²) >= 11 is 3.34. The molecule has 4 rings (SSSR count). The van der Waals surface area contributed by atoms with Gasteiger partial charge in [0, 0.05) is 40.4 Å². The second-order valence-corrected chi connectivity index (χ2v) is 9.30. The molecule has 4 aromatic rings. The molecule has 0 fully saturated rings. The van der Waals surface area contributed by atoms with Crippen molar-refractivity contribution < 1.29 is 24.2 Å². The maximum atomic E-state index is 12.9. The number of aromatic carboxylic acids is 1. The van der Waals surface area contributed by atoms with Gasteiger partial charge in [0.25, 0.3) is 5.91 Å². The summed E-state index contributed by atoms with van der Waals surface area (Å²) < 4.78 is 11.8. The normalized spacial score (nSPS) is 10.6. The van der Waals surface area contributed by atoms with Gasteiger partial charge in [-0.15, -0.1) is 22.7 Å². The van der Waals surface area contributed by atoms with E-state index in [1.807, 2.05) is 22.9 Å². The van der Waals surface area contributed by atoms with Crippen molar-refractivity contribution in [2.75, 3.05) is 18.5 Å². The van der Waals surface area contributed by atoms with Crippen molar-refractivity contribution in [1.82, 2.24) is 4.98 Å². The lowest BCUT2D eigenvalue weighted by Gasteiger charge is -2.12. The molecule has 2 N–H and O–H groups in total. The fourth-order valence-corrected chi connectivity index (χ4v) is 4.48. The Hall–Kier alpha value is -3.69. The number of aromatic nitrogens is 1. The van der Waals surface area contributed by atoms with Crippen LogP contribution in [-0.2, 0) is 12.8 Å². The first-order chi connectivity index (χ1) is 16.6. The zero-order valence-electron chi connectivity index (χ0n) is 18.1. The number of carboxylic acid groups (broad SMARTS) is 1. The van der Waals surface area contributed by atoms with Crippen LogP contribution in [0.3, 0.4) is 0 Å². The Morgan fingerprint density at radius 3 is 1.94 bits per heavy atom. The summed E-state index contributed by atoms with van der Waals surface area (Å²) in [5.74, 6) is -0.169. The molecule has 0 aliphatic heterocycles. The van der Waals surface area contributed by atoms with Crippen molar-refractivity contribution in [2.24, 2.45) is 0 Å². The first-order valence-electron chi connectivity index (χ1n) is 10.5. The Kier molecular flexibility index (Phi) is 7.90. The summed E-state index contributed by atoms with van der Waals surface area (Å²) in [4.78, 5) is 30.3. The molecule has 0 saturated heterocycles. The number of carbonyl (C=O) groups is 2. The summed E-state index contributed by atoms with van der Waals surface area (Å²) in [5, 5.41) is 15.7. The van der Waals surface area contributed by atoms with Crippen molar-refractivity contribution >= 4 is 40.4 Å². The number of hydrogen-bond donors (Lipinski definition) is 2. The molecule has 7 nitrogen and oxygen atoms in total. The van der Waals surface area contributed by atoms with Crippen LogP contribution in [0.1, 0.15) is 30.5 Å². The van der Waals surface area contributed by atoms with E-state index in [1.54, 1.807) is 40.9 Å². The Balaban J connectivity index is 1.46. The molecule has 9 heteroatoms. The van der Waals surface area contributed by atoms with Crippen molar-refractivity contribution in [3.05, 3.63) is 92.4 Å². The van der Waals surface area contributed by atoms with Gasteiger partial charge in [-0.2, -0.15) is 0 Å². The monoisotopic (exact) mass is 494 g/mol. The van der Waals surface area contributed by atoms with Crippen molar-refractivity contribution in [3.8, 4) is 11.5 Å². The quantitative estimate of drug-likeness (QED) is 0.290. The molecule has 0 aliphatic carbocycles. The van der Waals surface area contributed by atoms with E-state index >= 15 is 0 Å². The predicted molar refractivity (Wildman–Crippen MR) is 133 cm³/mol. The van der Waals surface area contributed by atoms with Gasteiger partial charge in [-0.25, -0.2) is 9.78 Å². The van der Waals surface area contributed by atoms with Crippen LogP contribution in [0, 0.1) is 0 Å². The zero-order chi connectivity index (χ0) is 23.8. The van der Waals surface area contributed by atoms with Gasteiger partial charge in [-0.1, -0.05) is 12.1 Å². The van der Waals surface area contributed by atoms with Gasteiger partial charge in [0.15, 0.2) is 0 Å². The number of carbonyl (C=O) groups excluding carboxylic acids is 1. The van der Waals surface area contributed by atoms with Gasteiger partial charge < -0.3 is 19.9 Å². The lowest BCUT2D eigenvalue weighted by atomic mass is 10.2. The van der Waals surface area contributed by atoms with Crippen molar-refractivity contribution in [2.45, 2.75) is 12.8 Å². The molecule has 34 heavy (non-hydrogen) atoms. The first-order valence-corrected chi connectivity index (χ1v) is 12.3. The maximum Gasteiger partial charge on any atom is 0.337 e. The molecular weight excluding hydrogens is 472 g/mol. The first kappa shape index (κ1) is 23.5. The zero-order valence-corrected chi connectivity index (χ0v) is 19.7. The molecule has 0 spiro atoms. The molecule has 3 heterocycles. The van der Waals surface area contributed by atoms with Crippen LogP contribution in [0.4, 0.5) is 5.82 Å². The van der Waals surface area contributed by atoms with E-state index < -0.39 is 11.9 Å². The highest BCUT2D eigenvalue weighted by Crippen LogP contribution is 2.25. The van der Waals surface area contributed by atoms with E-state index in [1.165, 1.54) is 28.1 Å². The highest BCUT2D eigenvalue weighted by Gasteiger charge is 2.13. The van der Waals surface area contributed by atoms with Crippen LogP contribution in [-0.4, -0.2) is 35.2 Å². The Morgan fingerprint density at radius 2 is 1.47 bits per heavy atom. The van der Waals surface area contributed by atoms with Crippen molar-refractivity contribution in [1.29, 1.82) is 0 Å². The largest absolute Gasteiger partial charge is 0.493 e. The summed E-state index contributed by atoms with van der Waals surface area (Å²) in [7, 11) is 0. The fourth-order valence-electron chi connectivity index (χ4n) is 3.10. The molecule has 1 amide bonds. The minimum atomic E-state index is -1.08. The lowest BCUT2D eigenvalue weighted by Crippen LogP contribution is -2.14. The summed E-state index contributed by atoms with van der Waals surface area (Å²) in [6.07, 6.45) is 2.73. The molecular formula is C25H22N2O5S2. The molecule has 1 aromatic carbocycles. The number of amides is 1. The van der Waals surface area contributed by atoms with Gasteiger partial charge in [0.2, 0.25) is 0 Å². The van der Waals surface area contributed by atoms with Crippen LogP contribution in [0.15, 0.2) is 71.6 Å². The summed E-state index contributed by atoms with van der Waals surface area (Å²) in [6, 6.07) is 16.0. The molecule has 3 aromatic heterocycles. The van der Waals surface area contributed by atoms with Gasteiger partial charge in [0.1, 0.15) is 17.3 Å². The highest BCUT2D eigenvalue weighted by molar-refractivity contribution is 7.10. The third-order valence-electron chi connectivity index (χ3n) is 4.79. The van der Waals surface area contributed by atoms with E-state index in [0.717, 1.165) is 12.8 Å². The Labute approximate surface area is 204 Å². The SMILES string of the molecule is O=C(O)c1ccc(NC(=O)c2cc(OCCc3cccs3)cc(OCCc3cccs3)c2)nc1. The maximum absolute atomic E-state index is 12.9. The predicted octanol–water partition coefficient (Wildman–Crippen LogP) is 5.40. The number of hydrogen-bond acceptors (Lipinski definition) is 7. The standard InChI is InChI=1S/C25H22N2O5S2/c28-24(27-23-6-5-17(16-26-23)25(29)30)18-13-19(31-9-7-21-3-1-11-33-21)15-20(14-18)32-10-8-22-4-2-12-34-22/h1-6,11-16H,7-10H2,(H,29,30)(H,26,27,28). The molecule has 0 unspecified atom stereocenters. The van der Waals surface area contributed by atoms with Gasteiger partial charge >= 0.3 is 5.97 Å². The molecule has 0 saturated carbocycles. The van der Waals surface area contributed by atoms with E-state index in [2.05, 4.69) is 22.4 Å². The van der Waals surface area contributed by atoms with Crippen LogP contribution < -0.4 is 14.8 Å². The molecule has 174 valence electrons. The minimum Gasteiger partial charge on any atom is -0.493 e. The van der Waals surface area contributed by atoms with Crippen LogP contribution in [0.2, 0.25) is 0 Å². The average molecular weight is 495 g/mol. The molecule has 0 atom stereocenters. The number of thiophene rings is 2. The van der Waals surface area contributed by atoms with Crippen LogP contribution in [0.5, 0.6) is 11.5 Å². The van der Waals surface area contributed by atoms with Crippen LogP contribution in [0.25, 0.3) is 0 Å². The second-order valence-electron chi connectivity index (χ2n) is 7.24. The number of carboxylic acids is 1. The Morgan fingerprint density at radius 1 is 0.853 bits per heavy atom. The summed E-state index contributed by atoms with van der Waals surface area (Å²) in [5.41, 5.74) is 0.393. The minimum absolute atomic E-state index is 0.0422. The number of benzene rings is 1. The van der Waals surface area contributed by atoms with Gasteiger partial charge in [-0.3, -0.25) is 4.79 Å². The van der Waals surface area contributed by atoms with Gasteiger partial charge in [-0.05, 0) is 47.2 Å². The number of nitrogens with zero attached hydrogens (tertiary/aromatic N) is 1. The number of rotatable bonds is 11. The molecule has 0 bridgehead atoms. The Bertz CT molecular complexity index is 1160. The number of anilines is 1. The third-order valence-corrected chi connectivity index (χ3v) is 6.66. The van der Waals surface area contributed by atoms with E-state index in [9.17, 15) is 9.59 Å². The van der Waals surface area contributed by atoms with Crippen LogP contribution >= 0.6 is 22.7 Å². The van der Waals surface area contributed by atoms with E-state index in [0.29, 0.717) is 30.3 Å². The number of ether oxygens (including phenoxy) is 2. The fraction of sp³-hybridized carbons (Fsp3) is 0.160. The molecule has 0 aliphatic rings. The number of nitrogens with one attached hydrogen (secondary N) is 1. The van der Waals surface area contributed by atoms with E-state index in [4.69, 9.17) is 14.6 Å². The average Bonchev–Trinajstić information content (AvgIpc) is 3.54. The van der Waals surface area contributed by atoms with Crippen molar-refractivity contribution in [3.63, 3.8) is 0 Å².